The lowest BCUT2D eigenvalue weighted by Gasteiger charge is -2.18. The maximum atomic E-state index is 13.1. The van der Waals surface area contributed by atoms with Crippen LogP contribution in [-0.4, -0.2) is 52.1 Å². The highest BCUT2D eigenvalue weighted by Gasteiger charge is 2.22. The summed E-state index contributed by atoms with van der Waals surface area (Å²) in [4.78, 5) is 32.6. The van der Waals surface area contributed by atoms with Gasteiger partial charge in [0.2, 0.25) is 0 Å². The van der Waals surface area contributed by atoms with Crippen LogP contribution >= 0.6 is 0 Å². The van der Waals surface area contributed by atoms with Gasteiger partial charge in [0.25, 0.3) is 11.5 Å². The molecule has 3 heterocycles. The lowest BCUT2D eigenvalue weighted by Crippen LogP contribution is -2.29. The van der Waals surface area contributed by atoms with Crippen LogP contribution in [0.2, 0.25) is 0 Å². The van der Waals surface area contributed by atoms with Crippen LogP contribution in [0.25, 0.3) is 16.7 Å². The summed E-state index contributed by atoms with van der Waals surface area (Å²) >= 11 is 0. The Morgan fingerprint density at radius 3 is 2.79 bits per heavy atom. The average molecular weight is 384 g/mol. The molecule has 0 bridgehead atoms. The van der Waals surface area contributed by atoms with Gasteiger partial charge in [-0.15, -0.1) is 0 Å². The van der Waals surface area contributed by atoms with Crippen LogP contribution in [0.1, 0.15) is 42.2 Å². The molecule has 0 radical (unpaired) electrons. The molecule has 0 fully saturated rings. The van der Waals surface area contributed by atoms with Crippen molar-refractivity contribution < 1.29 is 9.53 Å². The first-order valence-corrected chi connectivity index (χ1v) is 9.75. The summed E-state index contributed by atoms with van der Waals surface area (Å²) in [6.07, 6.45) is 4.40. The first-order valence-electron chi connectivity index (χ1n) is 9.75. The number of unbranched alkanes of at least 4 members (excludes halogenated alkanes) is 1. The minimum absolute atomic E-state index is 0.0888. The molecule has 0 aliphatic rings. The predicted octanol–water partition coefficient (Wildman–Crippen LogP) is 2.87. The highest BCUT2D eigenvalue weighted by atomic mass is 16.5. The summed E-state index contributed by atoms with van der Waals surface area (Å²) in [5.41, 5.74) is 2.44. The number of aryl methyl sites for hydroxylation is 2. The first-order chi connectivity index (χ1) is 13.5. The molecule has 1 amide bonds. The maximum Gasteiger partial charge on any atom is 0.270 e. The fourth-order valence-corrected chi connectivity index (χ4v) is 3.42. The largest absolute Gasteiger partial charge is 0.385 e. The van der Waals surface area contributed by atoms with Gasteiger partial charge in [-0.25, -0.2) is 4.98 Å². The summed E-state index contributed by atoms with van der Waals surface area (Å²) in [6, 6.07) is 5.45. The van der Waals surface area contributed by atoms with Crippen molar-refractivity contribution in [2.75, 3.05) is 27.3 Å². The molecular weight excluding hydrogens is 356 g/mol. The SMILES string of the molecule is CCCCN(C)C(=O)c1cc2c(=O)n3cccc(C)c3nc2n1CCCOC. The molecule has 0 saturated carbocycles. The van der Waals surface area contributed by atoms with Crippen LogP contribution in [-0.2, 0) is 11.3 Å². The molecule has 7 nitrogen and oxygen atoms in total. The number of pyridine rings is 1. The molecule has 3 aromatic rings. The zero-order chi connectivity index (χ0) is 20.3. The lowest BCUT2D eigenvalue weighted by atomic mass is 10.2. The third-order valence-corrected chi connectivity index (χ3v) is 5.03. The van der Waals surface area contributed by atoms with Gasteiger partial charge in [0.05, 0.1) is 5.39 Å². The molecular formula is C21H28N4O3. The number of rotatable bonds is 8. The second-order valence-corrected chi connectivity index (χ2v) is 7.15. The standard InChI is InChI=1S/C21H28N4O3/c1-5-6-10-23(3)21(27)17-14-16-19(24(17)12-8-13-28-4)22-18-15(2)9-7-11-25(18)20(16)26/h7,9,11,14H,5-6,8,10,12-13H2,1-4H3. The van der Waals surface area contributed by atoms with Crippen LogP contribution in [0.4, 0.5) is 0 Å². The third-order valence-electron chi connectivity index (χ3n) is 5.03. The van der Waals surface area contributed by atoms with Crippen LogP contribution in [0.5, 0.6) is 0 Å². The number of nitrogens with zero attached hydrogens (tertiary/aromatic N) is 4. The molecule has 3 aromatic heterocycles. The molecule has 0 atom stereocenters. The Bertz CT molecular complexity index is 1050. The van der Waals surface area contributed by atoms with E-state index in [9.17, 15) is 9.59 Å². The van der Waals surface area contributed by atoms with E-state index >= 15 is 0 Å². The third kappa shape index (κ3) is 3.67. The number of carbonyl (C=O) groups excluding carboxylic acids is 1. The Morgan fingerprint density at radius 1 is 1.29 bits per heavy atom. The van der Waals surface area contributed by atoms with Crippen LogP contribution < -0.4 is 5.56 Å². The molecule has 7 heteroatoms. The second-order valence-electron chi connectivity index (χ2n) is 7.15. The zero-order valence-corrected chi connectivity index (χ0v) is 17.1. The first kappa shape index (κ1) is 20.1. The number of hydrogen-bond donors (Lipinski definition) is 0. The fraction of sp³-hybridized carbons (Fsp3) is 0.476. The number of fused-ring (bicyclic) bond motifs is 2. The van der Waals surface area contributed by atoms with E-state index in [1.54, 1.807) is 35.7 Å². The Hall–Kier alpha value is -2.67. The number of ether oxygens (including phenoxy) is 1. The van der Waals surface area contributed by atoms with Gasteiger partial charge in [0, 0.05) is 40.1 Å². The lowest BCUT2D eigenvalue weighted by molar-refractivity contribution is 0.0782. The number of aromatic nitrogens is 3. The van der Waals surface area contributed by atoms with Crippen molar-refractivity contribution in [1.82, 2.24) is 18.9 Å². The summed E-state index contributed by atoms with van der Waals surface area (Å²) in [7, 11) is 3.45. The zero-order valence-electron chi connectivity index (χ0n) is 17.1. The quantitative estimate of drug-likeness (QED) is 0.560. The van der Waals surface area contributed by atoms with Crippen molar-refractivity contribution in [3.63, 3.8) is 0 Å². The van der Waals surface area contributed by atoms with Gasteiger partial charge in [-0.05, 0) is 37.5 Å². The highest BCUT2D eigenvalue weighted by molar-refractivity contribution is 5.98. The molecule has 28 heavy (non-hydrogen) atoms. The molecule has 0 unspecified atom stereocenters. The van der Waals surface area contributed by atoms with E-state index in [0.29, 0.717) is 42.1 Å². The van der Waals surface area contributed by atoms with Gasteiger partial charge in [0.15, 0.2) is 0 Å². The summed E-state index contributed by atoms with van der Waals surface area (Å²) in [5.74, 6) is -0.0888. The normalized spacial score (nSPS) is 11.4. The predicted molar refractivity (Wildman–Crippen MR) is 110 cm³/mol. The van der Waals surface area contributed by atoms with Crippen molar-refractivity contribution >= 4 is 22.6 Å². The minimum Gasteiger partial charge on any atom is -0.385 e. The van der Waals surface area contributed by atoms with Crippen molar-refractivity contribution in [1.29, 1.82) is 0 Å². The monoisotopic (exact) mass is 384 g/mol. The molecule has 0 spiro atoms. The molecule has 0 saturated heterocycles. The van der Waals surface area contributed by atoms with E-state index in [1.807, 2.05) is 23.6 Å². The van der Waals surface area contributed by atoms with E-state index in [2.05, 4.69) is 6.92 Å². The Morgan fingerprint density at radius 2 is 2.07 bits per heavy atom. The molecule has 0 aliphatic heterocycles. The second kappa shape index (κ2) is 8.56. The van der Waals surface area contributed by atoms with Crippen LogP contribution in [0.15, 0.2) is 29.2 Å². The Kier molecular flexibility index (Phi) is 6.14. The van der Waals surface area contributed by atoms with E-state index < -0.39 is 0 Å². The van der Waals surface area contributed by atoms with Crippen molar-refractivity contribution in [3.05, 3.63) is 46.0 Å². The van der Waals surface area contributed by atoms with E-state index in [1.165, 1.54) is 0 Å². The van der Waals surface area contributed by atoms with Gasteiger partial charge in [-0.3, -0.25) is 14.0 Å². The average Bonchev–Trinajstić information content (AvgIpc) is 3.05. The van der Waals surface area contributed by atoms with E-state index in [4.69, 9.17) is 9.72 Å². The van der Waals surface area contributed by atoms with Crippen molar-refractivity contribution in [2.45, 2.75) is 39.7 Å². The Labute approximate surface area is 164 Å². The van der Waals surface area contributed by atoms with Gasteiger partial charge in [-0.2, -0.15) is 0 Å². The number of hydrogen-bond acceptors (Lipinski definition) is 4. The van der Waals surface area contributed by atoms with Crippen LogP contribution in [0.3, 0.4) is 0 Å². The van der Waals surface area contributed by atoms with E-state index in [0.717, 1.165) is 24.8 Å². The van der Waals surface area contributed by atoms with Gasteiger partial charge < -0.3 is 14.2 Å². The molecule has 3 rings (SSSR count). The van der Waals surface area contributed by atoms with Gasteiger partial charge >= 0.3 is 0 Å². The summed E-state index contributed by atoms with van der Waals surface area (Å²) < 4.78 is 8.59. The highest BCUT2D eigenvalue weighted by Crippen LogP contribution is 2.20. The smallest absolute Gasteiger partial charge is 0.270 e. The number of methoxy groups -OCH3 is 1. The van der Waals surface area contributed by atoms with Crippen molar-refractivity contribution in [3.8, 4) is 0 Å². The Balaban J connectivity index is 2.19. The van der Waals surface area contributed by atoms with E-state index in [-0.39, 0.29) is 11.5 Å². The van der Waals surface area contributed by atoms with Crippen LogP contribution in [0, 0.1) is 6.92 Å². The maximum absolute atomic E-state index is 13.1. The summed E-state index contributed by atoms with van der Waals surface area (Å²) in [5, 5.41) is 0.466. The number of amides is 1. The fourth-order valence-electron chi connectivity index (χ4n) is 3.42. The topological polar surface area (TPSA) is 68.8 Å². The van der Waals surface area contributed by atoms with Crippen molar-refractivity contribution in [2.24, 2.45) is 0 Å². The number of carbonyl (C=O) groups is 1. The molecule has 150 valence electrons. The van der Waals surface area contributed by atoms with Gasteiger partial charge in [-0.1, -0.05) is 19.4 Å². The molecule has 0 N–H and O–H groups in total. The molecule has 0 aromatic carbocycles. The van der Waals surface area contributed by atoms with Gasteiger partial charge in [0.1, 0.15) is 17.0 Å². The molecule has 0 aliphatic carbocycles. The summed E-state index contributed by atoms with van der Waals surface area (Å²) in [6.45, 7) is 5.84. The minimum atomic E-state index is -0.153.